The lowest BCUT2D eigenvalue weighted by atomic mass is 10.1. The average molecular weight is 248 g/mol. The molecule has 1 fully saturated rings. The Bertz CT molecular complexity index is 436. The van der Waals surface area contributed by atoms with Crippen LogP contribution >= 0.6 is 0 Å². The molecule has 0 aliphatic carbocycles. The van der Waals surface area contributed by atoms with E-state index in [1.807, 2.05) is 19.1 Å². The highest BCUT2D eigenvalue weighted by atomic mass is 16.6. The first kappa shape index (κ1) is 11.7. The van der Waals surface area contributed by atoms with Crippen molar-refractivity contribution in [3.05, 3.63) is 18.2 Å². The van der Waals surface area contributed by atoms with Crippen molar-refractivity contribution < 1.29 is 9.47 Å². The van der Waals surface area contributed by atoms with Gasteiger partial charge in [-0.3, -0.25) is 0 Å². The van der Waals surface area contributed by atoms with Crippen LogP contribution in [0, 0.1) is 0 Å². The molecule has 4 nitrogen and oxygen atoms in total. The highest BCUT2D eigenvalue weighted by Crippen LogP contribution is 2.41. The first-order valence-corrected chi connectivity index (χ1v) is 6.65. The number of nitrogens with zero attached hydrogens (tertiary/aromatic N) is 1. The normalized spacial score (nSPS) is 27.1. The number of hydrogen-bond donors (Lipinski definition) is 1. The quantitative estimate of drug-likeness (QED) is 0.819. The van der Waals surface area contributed by atoms with Crippen LogP contribution in [-0.4, -0.2) is 38.4 Å². The number of rotatable bonds is 1. The summed E-state index contributed by atoms with van der Waals surface area (Å²) in [5.74, 6) is 1.78. The molecule has 2 aliphatic rings. The summed E-state index contributed by atoms with van der Waals surface area (Å²) in [6.07, 6.45) is 0.122. The van der Waals surface area contributed by atoms with Crippen LogP contribution in [0.2, 0.25) is 0 Å². The van der Waals surface area contributed by atoms with Crippen LogP contribution in [0.1, 0.15) is 13.8 Å². The Labute approximate surface area is 108 Å². The lowest BCUT2D eigenvalue weighted by molar-refractivity contribution is 0.104. The molecule has 2 atom stereocenters. The summed E-state index contributed by atoms with van der Waals surface area (Å²) in [5, 5.41) is 3.41. The minimum absolute atomic E-state index is 0.122. The van der Waals surface area contributed by atoms with Gasteiger partial charge in [-0.15, -0.1) is 0 Å². The summed E-state index contributed by atoms with van der Waals surface area (Å²) < 4.78 is 11.7. The number of para-hydroxylation sites is 1. The number of fused-ring (bicyclic) bond motifs is 1. The minimum Gasteiger partial charge on any atom is -0.486 e. The van der Waals surface area contributed by atoms with E-state index in [1.165, 1.54) is 0 Å². The van der Waals surface area contributed by atoms with Gasteiger partial charge in [-0.2, -0.15) is 0 Å². The smallest absolute Gasteiger partial charge is 0.185 e. The van der Waals surface area contributed by atoms with Gasteiger partial charge >= 0.3 is 0 Å². The largest absolute Gasteiger partial charge is 0.486 e. The van der Waals surface area contributed by atoms with Gasteiger partial charge in [0.25, 0.3) is 0 Å². The van der Waals surface area contributed by atoms with E-state index < -0.39 is 0 Å². The molecule has 0 aromatic heterocycles. The molecule has 3 rings (SSSR count). The number of piperazine rings is 1. The average Bonchev–Trinajstić information content (AvgIpc) is 2.39. The first-order chi connectivity index (χ1) is 8.75. The topological polar surface area (TPSA) is 33.7 Å². The third-order valence-electron chi connectivity index (χ3n) is 3.56. The highest BCUT2D eigenvalue weighted by Gasteiger charge is 2.26. The zero-order valence-electron chi connectivity index (χ0n) is 11.0. The summed E-state index contributed by atoms with van der Waals surface area (Å²) >= 11 is 0. The summed E-state index contributed by atoms with van der Waals surface area (Å²) in [4.78, 5) is 2.40. The van der Waals surface area contributed by atoms with Crippen molar-refractivity contribution in [3.63, 3.8) is 0 Å². The van der Waals surface area contributed by atoms with E-state index in [0.717, 1.165) is 36.8 Å². The van der Waals surface area contributed by atoms with Gasteiger partial charge in [-0.05, 0) is 26.0 Å². The zero-order valence-corrected chi connectivity index (χ0v) is 11.0. The van der Waals surface area contributed by atoms with Gasteiger partial charge in [0.05, 0.1) is 5.69 Å². The molecule has 0 bridgehead atoms. The van der Waals surface area contributed by atoms with Crippen molar-refractivity contribution in [1.82, 2.24) is 5.32 Å². The number of ether oxygens (including phenoxy) is 2. The van der Waals surface area contributed by atoms with Gasteiger partial charge in [0, 0.05) is 25.7 Å². The number of benzene rings is 1. The van der Waals surface area contributed by atoms with Crippen molar-refractivity contribution >= 4 is 5.69 Å². The molecule has 1 saturated heterocycles. The predicted molar refractivity (Wildman–Crippen MR) is 71.7 cm³/mol. The molecule has 0 spiro atoms. The SMILES string of the molecule is CC1COc2cccc(N3CCNCC3C)c2O1. The molecule has 0 amide bonds. The van der Waals surface area contributed by atoms with E-state index in [2.05, 4.69) is 23.2 Å². The molecule has 0 radical (unpaired) electrons. The van der Waals surface area contributed by atoms with Crippen LogP contribution in [-0.2, 0) is 0 Å². The van der Waals surface area contributed by atoms with Crippen LogP contribution in [0.15, 0.2) is 18.2 Å². The van der Waals surface area contributed by atoms with E-state index >= 15 is 0 Å². The number of nitrogens with one attached hydrogen (secondary N) is 1. The Hall–Kier alpha value is -1.42. The number of anilines is 1. The van der Waals surface area contributed by atoms with Crippen molar-refractivity contribution in [2.45, 2.75) is 26.0 Å². The van der Waals surface area contributed by atoms with Crippen LogP contribution in [0.3, 0.4) is 0 Å². The van der Waals surface area contributed by atoms with Gasteiger partial charge in [-0.25, -0.2) is 0 Å². The molecule has 2 unspecified atom stereocenters. The van der Waals surface area contributed by atoms with Gasteiger partial charge in [-0.1, -0.05) is 6.07 Å². The number of hydrogen-bond acceptors (Lipinski definition) is 4. The molecule has 2 aliphatic heterocycles. The fourth-order valence-corrected chi connectivity index (χ4v) is 2.60. The molecule has 98 valence electrons. The van der Waals surface area contributed by atoms with E-state index in [9.17, 15) is 0 Å². The second kappa shape index (κ2) is 4.69. The Kier molecular flexibility index (Phi) is 3.04. The van der Waals surface area contributed by atoms with Gasteiger partial charge in [0.2, 0.25) is 0 Å². The Morgan fingerprint density at radius 2 is 2.22 bits per heavy atom. The lowest BCUT2D eigenvalue weighted by Gasteiger charge is -2.38. The summed E-state index contributed by atoms with van der Waals surface area (Å²) in [6.45, 7) is 7.95. The standard InChI is InChI=1S/C14H20N2O2/c1-10-8-15-6-7-16(10)12-4-3-5-13-14(12)18-11(2)9-17-13/h3-5,10-11,15H,6-9H2,1-2H3. The zero-order chi connectivity index (χ0) is 12.5. The molecular weight excluding hydrogens is 228 g/mol. The van der Waals surface area contributed by atoms with Gasteiger partial charge in [0.15, 0.2) is 11.5 Å². The van der Waals surface area contributed by atoms with Crippen molar-refractivity contribution in [1.29, 1.82) is 0 Å². The maximum absolute atomic E-state index is 5.98. The summed E-state index contributed by atoms with van der Waals surface area (Å²) in [7, 11) is 0. The van der Waals surface area contributed by atoms with Crippen molar-refractivity contribution in [2.24, 2.45) is 0 Å². The molecule has 1 N–H and O–H groups in total. The molecule has 1 aromatic rings. The Morgan fingerprint density at radius 1 is 1.33 bits per heavy atom. The van der Waals surface area contributed by atoms with E-state index in [1.54, 1.807) is 0 Å². The fraction of sp³-hybridized carbons (Fsp3) is 0.571. The van der Waals surface area contributed by atoms with E-state index in [4.69, 9.17) is 9.47 Å². The first-order valence-electron chi connectivity index (χ1n) is 6.65. The highest BCUT2D eigenvalue weighted by molar-refractivity contribution is 5.66. The third kappa shape index (κ3) is 2.01. The maximum Gasteiger partial charge on any atom is 0.185 e. The van der Waals surface area contributed by atoms with Gasteiger partial charge in [0.1, 0.15) is 12.7 Å². The second-order valence-corrected chi connectivity index (χ2v) is 5.09. The maximum atomic E-state index is 5.98. The Morgan fingerprint density at radius 3 is 3.06 bits per heavy atom. The molecule has 2 heterocycles. The van der Waals surface area contributed by atoms with Gasteiger partial charge < -0.3 is 19.7 Å². The van der Waals surface area contributed by atoms with Crippen LogP contribution < -0.4 is 19.7 Å². The van der Waals surface area contributed by atoms with E-state index in [-0.39, 0.29) is 6.10 Å². The minimum atomic E-state index is 0.122. The summed E-state index contributed by atoms with van der Waals surface area (Å²) in [6, 6.07) is 6.63. The third-order valence-corrected chi connectivity index (χ3v) is 3.56. The molecular formula is C14H20N2O2. The second-order valence-electron chi connectivity index (χ2n) is 5.09. The monoisotopic (exact) mass is 248 g/mol. The fourth-order valence-electron chi connectivity index (χ4n) is 2.60. The van der Waals surface area contributed by atoms with Crippen LogP contribution in [0.5, 0.6) is 11.5 Å². The molecule has 1 aromatic carbocycles. The lowest BCUT2D eigenvalue weighted by Crippen LogP contribution is -2.50. The summed E-state index contributed by atoms with van der Waals surface area (Å²) in [5.41, 5.74) is 1.16. The van der Waals surface area contributed by atoms with Crippen LogP contribution in [0.25, 0.3) is 0 Å². The molecule has 4 heteroatoms. The molecule has 18 heavy (non-hydrogen) atoms. The Balaban J connectivity index is 1.96. The van der Waals surface area contributed by atoms with Crippen molar-refractivity contribution in [3.8, 4) is 11.5 Å². The van der Waals surface area contributed by atoms with Crippen molar-refractivity contribution in [2.75, 3.05) is 31.1 Å². The van der Waals surface area contributed by atoms with Crippen LogP contribution in [0.4, 0.5) is 5.69 Å². The van der Waals surface area contributed by atoms with E-state index in [0.29, 0.717) is 12.6 Å². The predicted octanol–water partition coefficient (Wildman–Crippen LogP) is 1.64. The molecule has 0 saturated carbocycles.